The van der Waals surface area contributed by atoms with Gasteiger partial charge in [-0.25, -0.2) is 10.4 Å². The van der Waals surface area contributed by atoms with Gasteiger partial charge in [-0.05, 0) is 24.1 Å². The van der Waals surface area contributed by atoms with Crippen LogP contribution in [0.4, 0.5) is 0 Å². The van der Waals surface area contributed by atoms with E-state index in [0.717, 1.165) is 33.3 Å². The second-order valence-corrected chi connectivity index (χ2v) is 7.95. The lowest BCUT2D eigenvalue weighted by molar-refractivity contribution is -0.118. The second-order valence-electron chi connectivity index (χ2n) is 5.87. The maximum absolute atomic E-state index is 12.0. The molecule has 0 fully saturated rings. The minimum atomic E-state index is -0.170. The van der Waals surface area contributed by atoms with Crippen LogP contribution in [-0.4, -0.2) is 29.5 Å². The largest absolute Gasteiger partial charge is 0.494 e. The Balaban J connectivity index is 1.46. The Hall–Kier alpha value is -2.64. The molecular formula is C21H21N3O2S2. The average Bonchev–Trinajstić information content (AvgIpc) is 3.21. The number of benzene rings is 2. The molecule has 0 bridgehead atoms. The first-order valence-electron chi connectivity index (χ1n) is 8.93. The van der Waals surface area contributed by atoms with Crippen LogP contribution in [0.15, 0.2) is 69.4 Å². The van der Waals surface area contributed by atoms with E-state index in [1.807, 2.05) is 60.0 Å². The van der Waals surface area contributed by atoms with Crippen LogP contribution in [0.3, 0.4) is 0 Å². The van der Waals surface area contributed by atoms with E-state index in [0.29, 0.717) is 6.61 Å². The van der Waals surface area contributed by atoms with Gasteiger partial charge in [0.25, 0.3) is 5.91 Å². The SMILES string of the molecule is CCCOc1cccc(/C=N/NC(=O)CSc2nc(-c3ccccc3)cs2)c1. The predicted molar refractivity (Wildman–Crippen MR) is 116 cm³/mol. The first-order chi connectivity index (χ1) is 13.7. The van der Waals surface area contributed by atoms with Crippen LogP contribution in [0, 0.1) is 0 Å². The Morgan fingerprint density at radius 2 is 2.11 bits per heavy atom. The molecule has 0 aliphatic heterocycles. The van der Waals surface area contributed by atoms with Gasteiger partial charge < -0.3 is 4.74 Å². The van der Waals surface area contributed by atoms with Crippen LogP contribution in [0.5, 0.6) is 5.75 Å². The number of hydrogen-bond donors (Lipinski definition) is 1. The number of rotatable bonds is 9. The van der Waals surface area contributed by atoms with Crippen LogP contribution in [0.1, 0.15) is 18.9 Å². The van der Waals surface area contributed by atoms with E-state index < -0.39 is 0 Å². The van der Waals surface area contributed by atoms with E-state index >= 15 is 0 Å². The van der Waals surface area contributed by atoms with Gasteiger partial charge in [0.05, 0.1) is 24.3 Å². The number of nitrogens with one attached hydrogen (secondary N) is 1. The number of hydrazone groups is 1. The Labute approximate surface area is 172 Å². The lowest BCUT2D eigenvalue weighted by Crippen LogP contribution is -2.19. The average molecular weight is 412 g/mol. The molecule has 0 radical (unpaired) electrons. The van der Waals surface area contributed by atoms with Gasteiger partial charge in [0, 0.05) is 10.9 Å². The summed E-state index contributed by atoms with van der Waals surface area (Å²) in [5.41, 5.74) is 5.42. The number of hydrogen-bond acceptors (Lipinski definition) is 6. The molecule has 0 aliphatic carbocycles. The molecule has 0 unspecified atom stereocenters. The van der Waals surface area contributed by atoms with E-state index in [4.69, 9.17) is 4.74 Å². The van der Waals surface area contributed by atoms with E-state index in [-0.39, 0.29) is 11.7 Å². The van der Waals surface area contributed by atoms with Crippen LogP contribution in [0.25, 0.3) is 11.3 Å². The van der Waals surface area contributed by atoms with Crippen molar-refractivity contribution in [3.8, 4) is 17.0 Å². The molecule has 0 saturated carbocycles. The molecule has 144 valence electrons. The summed E-state index contributed by atoms with van der Waals surface area (Å²) in [6.45, 7) is 2.74. The van der Waals surface area contributed by atoms with Gasteiger partial charge in [-0.2, -0.15) is 5.10 Å². The summed E-state index contributed by atoms with van der Waals surface area (Å²) in [6.07, 6.45) is 2.57. The van der Waals surface area contributed by atoms with Crippen molar-refractivity contribution in [3.05, 3.63) is 65.5 Å². The third-order valence-corrected chi connectivity index (χ3v) is 5.63. The quantitative estimate of drug-likeness (QED) is 0.311. The summed E-state index contributed by atoms with van der Waals surface area (Å²) < 4.78 is 6.45. The third-order valence-electron chi connectivity index (χ3n) is 3.61. The maximum Gasteiger partial charge on any atom is 0.250 e. The van der Waals surface area contributed by atoms with Crippen molar-refractivity contribution < 1.29 is 9.53 Å². The molecule has 0 spiro atoms. The highest BCUT2D eigenvalue weighted by Crippen LogP contribution is 2.27. The topological polar surface area (TPSA) is 63.6 Å². The minimum absolute atomic E-state index is 0.170. The van der Waals surface area contributed by atoms with E-state index in [1.54, 1.807) is 6.21 Å². The molecule has 3 aromatic rings. The normalized spacial score (nSPS) is 10.9. The van der Waals surface area contributed by atoms with Crippen molar-refractivity contribution in [2.45, 2.75) is 17.7 Å². The zero-order valence-electron chi connectivity index (χ0n) is 15.5. The zero-order valence-corrected chi connectivity index (χ0v) is 17.1. The summed E-state index contributed by atoms with van der Waals surface area (Å²) in [6, 6.07) is 17.6. The Morgan fingerprint density at radius 1 is 1.25 bits per heavy atom. The third kappa shape index (κ3) is 6.21. The smallest absolute Gasteiger partial charge is 0.250 e. The molecule has 28 heavy (non-hydrogen) atoms. The van der Waals surface area contributed by atoms with Gasteiger partial charge in [0.1, 0.15) is 5.75 Å². The first-order valence-corrected chi connectivity index (χ1v) is 10.8. The molecule has 0 aliphatic rings. The molecule has 5 nitrogen and oxygen atoms in total. The van der Waals surface area contributed by atoms with Crippen molar-refractivity contribution in [3.63, 3.8) is 0 Å². The molecule has 0 saturated heterocycles. The number of nitrogens with zero attached hydrogens (tertiary/aromatic N) is 2. The number of carbonyl (C=O) groups excluding carboxylic acids is 1. The molecule has 1 N–H and O–H groups in total. The van der Waals surface area contributed by atoms with E-state index in [1.165, 1.54) is 23.1 Å². The summed E-state index contributed by atoms with van der Waals surface area (Å²) in [5, 5.41) is 6.02. The van der Waals surface area contributed by atoms with Gasteiger partial charge in [0.15, 0.2) is 4.34 Å². The standard InChI is InChI=1S/C21H21N3O2S2/c1-2-11-26-18-10-6-7-16(12-18)13-22-24-20(25)15-28-21-23-19(14-27-21)17-8-4-3-5-9-17/h3-10,12-14H,2,11,15H2,1H3,(H,24,25)/b22-13+. The lowest BCUT2D eigenvalue weighted by atomic mass is 10.2. The number of aromatic nitrogens is 1. The number of thiazole rings is 1. The fourth-order valence-corrected chi connectivity index (χ4v) is 3.94. The summed E-state index contributed by atoms with van der Waals surface area (Å²) in [7, 11) is 0. The Kier molecular flexibility index (Phi) is 7.63. The Morgan fingerprint density at radius 3 is 2.93 bits per heavy atom. The highest BCUT2D eigenvalue weighted by molar-refractivity contribution is 8.01. The fraction of sp³-hybridized carbons (Fsp3) is 0.190. The van der Waals surface area contributed by atoms with Gasteiger partial charge in [0.2, 0.25) is 0 Å². The van der Waals surface area contributed by atoms with Crippen molar-refractivity contribution in [2.75, 3.05) is 12.4 Å². The summed E-state index contributed by atoms with van der Waals surface area (Å²) in [4.78, 5) is 16.6. The van der Waals surface area contributed by atoms with Gasteiger partial charge >= 0.3 is 0 Å². The van der Waals surface area contributed by atoms with Crippen molar-refractivity contribution >= 4 is 35.2 Å². The number of amides is 1. The number of thioether (sulfide) groups is 1. The number of ether oxygens (including phenoxy) is 1. The number of carbonyl (C=O) groups is 1. The summed E-state index contributed by atoms with van der Waals surface area (Å²) in [5.74, 6) is 0.889. The molecule has 7 heteroatoms. The van der Waals surface area contributed by atoms with Gasteiger partial charge in [-0.1, -0.05) is 61.2 Å². The van der Waals surface area contributed by atoms with Crippen LogP contribution in [-0.2, 0) is 4.79 Å². The molecule has 1 amide bonds. The molecule has 2 aromatic carbocycles. The van der Waals surface area contributed by atoms with Crippen LogP contribution in [0.2, 0.25) is 0 Å². The molecule has 0 atom stereocenters. The minimum Gasteiger partial charge on any atom is -0.494 e. The lowest BCUT2D eigenvalue weighted by Gasteiger charge is -2.04. The molecule has 1 heterocycles. The van der Waals surface area contributed by atoms with Crippen molar-refractivity contribution in [2.24, 2.45) is 5.10 Å². The maximum atomic E-state index is 12.0. The Bertz CT molecular complexity index is 926. The molecule has 1 aromatic heterocycles. The highest BCUT2D eigenvalue weighted by atomic mass is 32.2. The summed E-state index contributed by atoms with van der Waals surface area (Å²) >= 11 is 2.94. The molecular weight excluding hydrogens is 390 g/mol. The van der Waals surface area contributed by atoms with Gasteiger partial charge in [-0.3, -0.25) is 4.79 Å². The van der Waals surface area contributed by atoms with Gasteiger partial charge in [-0.15, -0.1) is 11.3 Å². The zero-order chi connectivity index (χ0) is 19.6. The van der Waals surface area contributed by atoms with Crippen molar-refractivity contribution in [1.29, 1.82) is 0 Å². The second kappa shape index (κ2) is 10.6. The predicted octanol–water partition coefficient (Wildman–Crippen LogP) is 4.84. The highest BCUT2D eigenvalue weighted by Gasteiger charge is 2.07. The van der Waals surface area contributed by atoms with E-state index in [2.05, 4.69) is 22.4 Å². The van der Waals surface area contributed by atoms with Crippen molar-refractivity contribution in [1.82, 2.24) is 10.4 Å². The first kappa shape index (κ1) is 20.1. The molecule has 3 rings (SSSR count). The van der Waals surface area contributed by atoms with Crippen LogP contribution >= 0.6 is 23.1 Å². The monoisotopic (exact) mass is 411 g/mol. The van der Waals surface area contributed by atoms with E-state index in [9.17, 15) is 4.79 Å². The van der Waals surface area contributed by atoms with Crippen LogP contribution < -0.4 is 10.2 Å². The fourth-order valence-electron chi connectivity index (χ4n) is 2.31.